The number of aryl methyl sites for hydroxylation is 2. The zero-order valence-electron chi connectivity index (χ0n) is 15.9. The van der Waals surface area contributed by atoms with Gasteiger partial charge in [-0.3, -0.25) is 4.79 Å². The van der Waals surface area contributed by atoms with Crippen molar-refractivity contribution in [3.63, 3.8) is 0 Å². The van der Waals surface area contributed by atoms with Crippen molar-refractivity contribution in [2.45, 2.75) is 39.0 Å². The van der Waals surface area contributed by atoms with E-state index < -0.39 is 23.3 Å². The van der Waals surface area contributed by atoms with Gasteiger partial charge in [0.2, 0.25) is 0 Å². The predicted molar refractivity (Wildman–Crippen MR) is 105 cm³/mol. The second-order valence-electron chi connectivity index (χ2n) is 6.99. The van der Waals surface area contributed by atoms with E-state index in [1.165, 1.54) is 11.6 Å². The van der Waals surface area contributed by atoms with Crippen LogP contribution in [0.1, 0.15) is 54.2 Å². The summed E-state index contributed by atoms with van der Waals surface area (Å²) in [6.07, 6.45) is 3.28. The summed E-state index contributed by atoms with van der Waals surface area (Å²) in [5.74, 6) is -3.04. The lowest BCUT2D eigenvalue weighted by molar-refractivity contribution is -0.133. The molecule has 0 saturated heterocycles. The van der Waals surface area contributed by atoms with Gasteiger partial charge in [-0.1, -0.05) is 20.3 Å². The van der Waals surface area contributed by atoms with Gasteiger partial charge in [-0.15, -0.1) is 0 Å². The van der Waals surface area contributed by atoms with E-state index in [4.69, 9.17) is 0 Å². The van der Waals surface area contributed by atoms with Crippen LogP contribution in [0.25, 0.3) is 10.9 Å². The van der Waals surface area contributed by atoms with Crippen LogP contribution in [-0.2, 0) is 18.3 Å². The second kappa shape index (κ2) is 7.12. The molecule has 28 heavy (non-hydrogen) atoms. The number of aromatic nitrogens is 1. The molecule has 8 nitrogen and oxygen atoms in total. The summed E-state index contributed by atoms with van der Waals surface area (Å²) in [6, 6.07) is 2.72. The third-order valence-corrected chi connectivity index (χ3v) is 5.27. The number of hydrogen-bond acceptors (Lipinski definition) is 5. The van der Waals surface area contributed by atoms with E-state index in [1.807, 2.05) is 6.92 Å². The Labute approximate surface area is 160 Å². The predicted octanol–water partition coefficient (Wildman–Crippen LogP) is 2.97. The number of carboxylic acids is 2. The molecule has 148 valence electrons. The molecule has 1 atom stereocenters. The molecule has 1 unspecified atom stereocenters. The molecule has 2 heterocycles. The maximum atomic E-state index is 12.8. The van der Waals surface area contributed by atoms with Gasteiger partial charge in [0.25, 0.3) is 0 Å². The number of carbonyl (C=O) groups is 2. The average Bonchev–Trinajstić information content (AvgIpc) is 2.64. The standard InChI is InChI=1S/C20H21N2O6/c1-4-5-6-11-7-12-15(23)8-14(20(26)27)21(3)17(12)18-16(11)10(2)13(19(24)25)9-22(18)28/h7-10H,4-6H2,1-3H3,(H,24,25)(H,26,27)/q-1. The van der Waals surface area contributed by atoms with Crippen molar-refractivity contribution in [3.8, 4) is 0 Å². The van der Waals surface area contributed by atoms with E-state index >= 15 is 0 Å². The van der Waals surface area contributed by atoms with Crippen LogP contribution in [0.2, 0.25) is 0 Å². The van der Waals surface area contributed by atoms with Crippen molar-refractivity contribution < 1.29 is 19.8 Å². The zero-order chi connectivity index (χ0) is 20.7. The van der Waals surface area contributed by atoms with Crippen LogP contribution in [0.15, 0.2) is 28.7 Å². The van der Waals surface area contributed by atoms with Crippen molar-refractivity contribution in [1.82, 2.24) is 4.57 Å². The van der Waals surface area contributed by atoms with Crippen molar-refractivity contribution in [3.05, 3.63) is 56.2 Å². The molecule has 8 heteroatoms. The molecule has 0 aliphatic carbocycles. The van der Waals surface area contributed by atoms with Gasteiger partial charge in [-0.25, -0.2) is 9.59 Å². The van der Waals surface area contributed by atoms with Gasteiger partial charge < -0.3 is 25.1 Å². The van der Waals surface area contributed by atoms with Gasteiger partial charge in [0, 0.05) is 30.6 Å². The Balaban J connectivity index is 2.48. The van der Waals surface area contributed by atoms with Crippen LogP contribution in [0.3, 0.4) is 0 Å². The number of hydrogen-bond donors (Lipinski definition) is 2. The van der Waals surface area contributed by atoms with E-state index in [2.05, 4.69) is 0 Å². The SMILES string of the molecule is CCCCc1cc2c(=O)cc(C(=O)O)n(C)c2c2c1C(C)C(C(=O)O)=CN2[O-]. The number of benzene rings is 1. The Bertz CT molecular complexity index is 1080. The van der Waals surface area contributed by atoms with Gasteiger partial charge in [-0.05, 0) is 30.0 Å². The minimum absolute atomic E-state index is 0.0426. The van der Waals surface area contributed by atoms with Crippen molar-refractivity contribution in [1.29, 1.82) is 0 Å². The number of nitrogens with zero attached hydrogens (tertiary/aromatic N) is 2. The van der Waals surface area contributed by atoms with E-state index in [1.54, 1.807) is 13.0 Å². The molecular formula is C20H21N2O6-. The van der Waals surface area contributed by atoms with Gasteiger partial charge in [0.1, 0.15) is 5.69 Å². The molecule has 1 aliphatic heterocycles. The van der Waals surface area contributed by atoms with Crippen LogP contribution in [0.5, 0.6) is 0 Å². The zero-order valence-corrected chi connectivity index (χ0v) is 15.9. The highest BCUT2D eigenvalue weighted by molar-refractivity contribution is 6.01. The molecule has 0 spiro atoms. The van der Waals surface area contributed by atoms with Gasteiger partial charge in [0.15, 0.2) is 5.43 Å². The second-order valence-corrected chi connectivity index (χ2v) is 6.99. The van der Waals surface area contributed by atoms with Crippen LogP contribution in [0.4, 0.5) is 5.69 Å². The van der Waals surface area contributed by atoms with Crippen molar-refractivity contribution in [2.75, 3.05) is 5.06 Å². The first kappa shape index (κ1) is 19.6. The summed E-state index contributed by atoms with van der Waals surface area (Å²) in [5, 5.41) is 32.4. The average molecular weight is 385 g/mol. The summed E-state index contributed by atoms with van der Waals surface area (Å²) < 4.78 is 1.30. The lowest BCUT2D eigenvalue weighted by atomic mass is 9.83. The lowest BCUT2D eigenvalue weighted by Gasteiger charge is -2.38. The number of hydroxylamine groups is 1. The molecule has 0 amide bonds. The lowest BCUT2D eigenvalue weighted by Crippen LogP contribution is -2.26. The Kier molecular flexibility index (Phi) is 4.99. The fourth-order valence-electron chi connectivity index (χ4n) is 3.86. The first-order valence-corrected chi connectivity index (χ1v) is 9.03. The summed E-state index contributed by atoms with van der Waals surface area (Å²) in [4.78, 5) is 35.8. The Morgan fingerprint density at radius 3 is 2.46 bits per heavy atom. The number of aliphatic carboxylic acids is 1. The van der Waals surface area contributed by atoms with Crippen LogP contribution in [0, 0.1) is 5.21 Å². The molecule has 1 aliphatic rings. The topological polar surface area (TPSA) is 123 Å². The number of anilines is 1. The Morgan fingerprint density at radius 2 is 1.89 bits per heavy atom. The van der Waals surface area contributed by atoms with Gasteiger partial charge in [-0.2, -0.15) is 0 Å². The summed E-state index contributed by atoms with van der Waals surface area (Å²) in [5.41, 5.74) is 0.846. The molecule has 0 bridgehead atoms. The summed E-state index contributed by atoms with van der Waals surface area (Å²) in [6.45, 7) is 3.71. The number of fused-ring (bicyclic) bond motifs is 3. The molecule has 0 fully saturated rings. The van der Waals surface area contributed by atoms with E-state index in [9.17, 15) is 29.8 Å². The molecule has 0 radical (unpaired) electrons. The number of unbranched alkanes of at least 4 members (excludes halogenated alkanes) is 1. The molecule has 1 aromatic heterocycles. The van der Waals surface area contributed by atoms with Gasteiger partial charge >= 0.3 is 11.9 Å². The molecule has 3 rings (SSSR count). The third kappa shape index (κ3) is 2.95. The molecule has 0 saturated carbocycles. The quantitative estimate of drug-likeness (QED) is 0.811. The molecule has 1 aromatic carbocycles. The van der Waals surface area contributed by atoms with E-state index in [0.717, 1.165) is 30.7 Å². The van der Waals surface area contributed by atoms with Crippen LogP contribution in [-0.4, -0.2) is 26.7 Å². The minimum atomic E-state index is -1.28. The summed E-state index contributed by atoms with van der Waals surface area (Å²) in [7, 11) is 1.48. The minimum Gasteiger partial charge on any atom is -0.754 e. The largest absolute Gasteiger partial charge is 0.754 e. The van der Waals surface area contributed by atoms with Crippen molar-refractivity contribution >= 4 is 28.5 Å². The Morgan fingerprint density at radius 1 is 1.21 bits per heavy atom. The molecule has 2 aromatic rings. The highest BCUT2D eigenvalue weighted by atomic mass is 16.5. The monoisotopic (exact) mass is 385 g/mol. The molecular weight excluding hydrogens is 364 g/mol. The first-order chi connectivity index (χ1) is 13.2. The van der Waals surface area contributed by atoms with Crippen LogP contribution < -0.4 is 10.5 Å². The molecule has 2 N–H and O–H groups in total. The normalized spacial score (nSPS) is 16.1. The fraction of sp³-hybridized carbons (Fsp3) is 0.350. The number of rotatable bonds is 5. The van der Waals surface area contributed by atoms with Gasteiger partial charge in [0.05, 0.1) is 16.8 Å². The van der Waals surface area contributed by atoms with E-state index in [-0.39, 0.29) is 27.9 Å². The fourth-order valence-corrected chi connectivity index (χ4v) is 3.86. The van der Waals surface area contributed by atoms with Crippen LogP contribution >= 0.6 is 0 Å². The Hall–Kier alpha value is -3.13. The maximum Gasteiger partial charge on any atom is 0.352 e. The summed E-state index contributed by atoms with van der Waals surface area (Å²) >= 11 is 0. The highest BCUT2D eigenvalue weighted by Crippen LogP contribution is 2.44. The maximum absolute atomic E-state index is 12.8. The number of carboxylic acid groups (broad SMARTS) is 2. The van der Waals surface area contributed by atoms with E-state index in [0.29, 0.717) is 17.0 Å². The van der Waals surface area contributed by atoms with Crippen molar-refractivity contribution in [2.24, 2.45) is 7.05 Å². The smallest absolute Gasteiger partial charge is 0.352 e. The highest BCUT2D eigenvalue weighted by Gasteiger charge is 2.30. The number of pyridine rings is 1. The third-order valence-electron chi connectivity index (χ3n) is 5.27. The first-order valence-electron chi connectivity index (χ1n) is 9.03. The number of aromatic carboxylic acids is 1.